The van der Waals surface area contributed by atoms with Crippen molar-refractivity contribution in [2.24, 2.45) is 4.99 Å². The molecule has 0 aliphatic carbocycles. The van der Waals surface area contributed by atoms with Crippen LogP contribution in [-0.2, 0) is 11.4 Å². The first-order valence-electron chi connectivity index (χ1n) is 11.1. The van der Waals surface area contributed by atoms with Crippen LogP contribution in [0.4, 0.5) is 5.69 Å². The number of benzene rings is 3. The zero-order chi connectivity index (χ0) is 25.7. The number of halogens is 1. The van der Waals surface area contributed by atoms with Gasteiger partial charge in [-0.2, -0.15) is 4.99 Å². The number of amidine groups is 1. The van der Waals surface area contributed by atoms with Gasteiger partial charge in [0.1, 0.15) is 6.61 Å². The number of carbonyl (C=O) groups is 2. The number of para-hydroxylation sites is 1. The number of carboxylic acid groups (broad SMARTS) is 1. The van der Waals surface area contributed by atoms with E-state index in [-0.39, 0.29) is 12.2 Å². The first-order valence-corrected chi connectivity index (χ1v) is 12.3. The van der Waals surface area contributed by atoms with E-state index in [0.29, 0.717) is 38.9 Å². The van der Waals surface area contributed by atoms with Crippen LogP contribution in [0.25, 0.3) is 6.08 Å². The summed E-state index contributed by atoms with van der Waals surface area (Å²) in [7, 11) is 1.68. The number of carbonyl (C=O) groups excluding carboxylic acids is 1. The number of hydrogen-bond donors (Lipinski definition) is 1. The minimum Gasteiger partial charge on any atom is -0.490 e. The number of amides is 1. The summed E-state index contributed by atoms with van der Waals surface area (Å²) in [6, 6.07) is 19.5. The van der Waals surface area contributed by atoms with Crippen LogP contribution in [0.3, 0.4) is 0 Å². The highest BCUT2D eigenvalue weighted by Crippen LogP contribution is 2.35. The van der Waals surface area contributed by atoms with Gasteiger partial charge in [-0.05, 0) is 60.7 Å². The molecule has 0 bridgehead atoms. The van der Waals surface area contributed by atoms with Gasteiger partial charge in [0.05, 0.1) is 22.8 Å². The maximum atomic E-state index is 12.6. The summed E-state index contributed by atoms with van der Waals surface area (Å²) in [6.45, 7) is 2.61. The summed E-state index contributed by atoms with van der Waals surface area (Å²) in [4.78, 5) is 30.4. The third kappa shape index (κ3) is 5.72. The van der Waals surface area contributed by atoms with Crippen molar-refractivity contribution in [2.45, 2.75) is 13.5 Å². The summed E-state index contributed by atoms with van der Waals surface area (Å²) in [5.74, 6) is -0.343. The molecule has 0 unspecified atom stereocenters. The van der Waals surface area contributed by atoms with Gasteiger partial charge in [0.15, 0.2) is 16.7 Å². The van der Waals surface area contributed by atoms with Gasteiger partial charge in [-0.25, -0.2) is 4.79 Å². The summed E-state index contributed by atoms with van der Waals surface area (Å²) >= 11 is 7.40. The molecule has 1 aliphatic rings. The fourth-order valence-corrected chi connectivity index (χ4v) is 4.59. The van der Waals surface area contributed by atoms with Gasteiger partial charge in [-0.15, -0.1) is 0 Å². The van der Waals surface area contributed by atoms with E-state index in [2.05, 4.69) is 4.99 Å². The Balaban J connectivity index is 1.52. The van der Waals surface area contributed by atoms with Gasteiger partial charge in [0.25, 0.3) is 5.91 Å². The number of anilines is 1. The Morgan fingerprint density at radius 1 is 1.08 bits per heavy atom. The predicted octanol–water partition coefficient (Wildman–Crippen LogP) is 6.12. The SMILES string of the molecule is CCOc1cc(/C=C2\SC(N(C)c3ccccc3C(=O)O)=NC2=O)ccc1OCc1ccccc1Cl. The molecule has 0 spiro atoms. The van der Waals surface area contributed by atoms with E-state index in [4.69, 9.17) is 21.1 Å². The van der Waals surface area contributed by atoms with Crippen molar-refractivity contribution in [1.29, 1.82) is 0 Å². The van der Waals surface area contributed by atoms with Gasteiger partial charge in [-0.1, -0.05) is 48.0 Å². The zero-order valence-electron chi connectivity index (χ0n) is 19.6. The smallest absolute Gasteiger partial charge is 0.337 e. The Labute approximate surface area is 218 Å². The largest absolute Gasteiger partial charge is 0.490 e. The molecule has 184 valence electrons. The summed E-state index contributed by atoms with van der Waals surface area (Å²) in [6.07, 6.45) is 1.72. The Bertz CT molecular complexity index is 1370. The lowest BCUT2D eigenvalue weighted by molar-refractivity contribution is -0.113. The molecule has 0 atom stereocenters. The monoisotopic (exact) mass is 522 g/mol. The lowest BCUT2D eigenvalue weighted by Crippen LogP contribution is -2.24. The molecule has 4 rings (SSSR count). The fourth-order valence-electron chi connectivity index (χ4n) is 3.52. The van der Waals surface area contributed by atoms with E-state index >= 15 is 0 Å². The summed E-state index contributed by atoms with van der Waals surface area (Å²) < 4.78 is 11.7. The second-order valence-corrected chi connectivity index (χ2v) is 9.13. The molecule has 1 heterocycles. The van der Waals surface area contributed by atoms with Crippen molar-refractivity contribution >= 4 is 52.2 Å². The Morgan fingerprint density at radius 3 is 2.58 bits per heavy atom. The summed E-state index contributed by atoms with van der Waals surface area (Å²) in [5, 5.41) is 10.5. The van der Waals surface area contributed by atoms with Crippen molar-refractivity contribution in [2.75, 3.05) is 18.6 Å². The van der Waals surface area contributed by atoms with E-state index < -0.39 is 11.9 Å². The number of ether oxygens (including phenoxy) is 2. The van der Waals surface area contributed by atoms with E-state index in [9.17, 15) is 14.7 Å². The van der Waals surface area contributed by atoms with Gasteiger partial charge in [0.2, 0.25) is 0 Å². The van der Waals surface area contributed by atoms with Crippen LogP contribution < -0.4 is 14.4 Å². The normalized spacial score (nSPS) is 14.0. The van der Waals surface area contributed by atoms with E-state index in [1.165, 1.54) is 17.8 Å². The highest BCUT2D eigenvalue weighted by Gasteiger charge is 2.27. The third-order valence-corrected chi connectivity index (χ3v) is 6.73. The molecule has 0 fully saturated rings. The maximum absolute atomic E-state index is 12.6. The number of rotatable bonds is 8. The molecular formula is C27H23ClN2O5S. The van der Waals surface area contributed by atoms with Crippen molar-refractivity contribution in [1.82, 2.24) is 0 Å². The highest BCUT2D eigenvalue weighted by atomic mass is 35.5. The number of aliphatic imine (C=N–C) groups is 1. The van der Waals surface area contributed by atoms with Gasteiger partial charge < -0.3 is 19.5 Å². The van der Waals surface area contributed by atoms with Crippen LogP contribution in [0.1, 0.15) is 28.4 Å². The predicted molar refractivity (Wildman–Crippen MR) is 143 cm³/mol. The first kappa shape index (κ1) is 25.3. The fraction of sp³-hybridized carbons (Fsp3) is 0.148. The molecule has 7 nitrogen and oxygen atoms in total. The number of thioether (sulfide) groups is 1. The molecule has 9 heteroatoms. The lowest BCUT2D eigenvalue weighted by atomic mass is 10.1. The van der Waals surface area contributed by atoms with Crippen molar-refractivity contribution in [3.63, 3.8) is 0 Å². The van der Waals surface area contributed by atoms with E-state index in [1.54, 1.807) is 48.4 Å². The van der Waals surface area contributed by atoms with Crippen LogP contribution >= 0.6 is 23.4 Å². The molecule has 1 aliphatic heterocycles. The molecular weight excluding hydrogens is 500 g/mol. The standard InChI is InChI=1S/C27H23ClN2O5S/c1-3-34-23-14-17(12-13-22(23)35-16-18-8-4-6-10-20(18)28)15-24-25(31)29-27(36-24)30(2)21-11-7-5-9-19(21)26(32)33/h4-15H,3,16H2,1-2H3,(H,32,33)/b24-15-. The quantitative estimate of drug-likeness (QED) is 0.356. The number of nitrogens with zero attached hydrogens (tertiary/aromatic N) is 2. The Morgan fingerprint density at radius 2 is 1.83 bits per heavy atom. The second kappa shape index (κ2) is 11.3. The lowest BCUT2D eigenvalue weighted by Gasteiger charge is -2.19. The zero-order valence-corrected chi connectivity index (χ0v) is 21.2. The van der Waals surface area contributed by atoms with E-state index in [1.807, 2.05) is 37.3 Å². The topological polar surface area (TPSA) is 88.4 Å². The average Bonchev–Trinajstić information content (AvgIpc) is 3.24. The van der Waals surface area contributed by atoms with Crippen molar-refractivity contribution in [3.05, 3.63) is 93.3 Å². The Kier molecular flexibility index (Phi) is 7.97. The van der Waals surface area contributed by atoms with Crippen LogP contribution in [0.5, 0.6) is 11.5 Å². The Hall–Kier alpha value is -3.75. The first-order chi connectivity index (χ1) is 17.4. The molecule has 0 saturated carbocycles. The van der Waals surface area contributed by atoms with E-state index in [0.717, 1.165) is 11.1 Å². The molecule has 0 radical (unpaired) electrons. The van der Waals surface area contributed by atoms with Gasteiger partial charge in [0, 0.05) is 17.6 Å². The number of hydrogen-bond acceptors (Lipinski definition) is 6. The van der Waals surface area contributed by atoms with Gasteiger partial charge >= 0.3 is 5.97 Å². The van der Waals surface area contributed by atoms with Crippen molar-refractivity contribution < 1.29 is 24.2 Å². The average molecular weight is 523 g/mol. The van der Waals surface area contributed by atoms with Crippen LogP contribution in [0.15, 0.2) is 76.6 Å². The number of aromatic carboxylic acids is 1. The highest BCUT2D eigenvalue weighted by molar-refractivity contribution is 8.18. The molecule has 3 aromatic carbocycles. The maximum Gasteiger partial charge on any atom is 0.337 e. The minimum atomic E-state index is -1.05. The molecule has 3 aromatic rings. The molecule has 0 aromatic heterocycles. The summed E-state index contributed by atoms with van der Waals surface area (Å²) in [5.41, 5.74) is 2.18. The van der Waals surface area contributed by atoms with Crippen LogP contribution in [0, 0.1) is 0 Å². The molecule has 1 N–H and O–H groups in total. The molecule has 36 heavy (non-hydrogen) atoms. The minimum absolute atomic E-state index is 0.127. The molecule has 1 amide bonds. The van der Waals surface area contributed by atoms with Gasteiger partial charge in [-0.3, -0.25) is 4.79 Å². The van der Waals surface area contributed by atoms with Crippen molar-refractivity contribution in [3.8, 4) is 11.5 Å². The number of carboxylic acids is 1. The second-order valence-electron chi connectivity index (χ2n) is 7.71. The third-order valence-electron chi connectivity index (χ3n) is 5.30. The molecule has 0 saturated heterocycles. The van der Waals surface area contributed by atoms with Crippen LogP contribution in [-0.4, -0.2) is 35.8 Å². The van der Waals surface area contributed by atoms with Crippen LogP contribution in [0.2, 0.25) is 5.02 Å².